The van der Waals surface area contributed by atoms with Gasteiger partial charge in [-0.3, -0.25) is 0 Å². The minimum atomic E-state index is 0.756. The minimum Gasteiger partial charge on any atom is -0.370 e. The Balaban J connectivity index is 1.45. The maximum absolute atomic E-state index is 4.57. The molecular formula is C15H19N9. The molecule has 0 aromatic carbocycles. The molecular weight excluding hydrogens is 306 g/mol. The van der Waals surface area contributed by atoms with E-state index in [-0.39, 0.29) is 0 Å². The molecule has 3 aromatic heterocycles. The highest BCUT2D eigenvalue weighted by molar-refractivity contribution is 5.47. The summed E-state index contributed by atoms with van der Waals surface area (Å²) in [6.45, 7) is 6.36. The van der Waals surface area contributed by atoms with E-state index >= 15 is 0 Å². The second kappa shape index (κ2) is 6.26. The molecule has 0 radical (unpaired) electrons. The third-order valence-electron chi connectivity index (χ3n) is 4.03. The first-order valence-corrected chi connectivity index (χ1v) is 8.07. The van der Waals surface area contributed by atoms with Gasteiger partial charge in [0.15, 0.2) is 5.65 Å². The molecule has 4 rings (SSSR count). The summed E-state index contributed by atoms with van der Waals surface area (Å²) in [5.41, 5.74) is 0.756. The minimum absolute atomic E-state index is 0.756. The lowest BCUT2D eigenvalue weighted by Gasteiger charge is -2.35. The molecule has 1 aliphatic rings. The predicted molar refractivity (Wildman–Crippen MR) is 91.4 cm³/mol. The van der Waals surface area contributed by atoms with Gasteiger partial charge in [0.2, 0.25) is 5.95 Å². The average molecular weight is 325 g/mol. The lowest BCUT2D eigenvalue weighted by molar-refractivity contribution is 0.629. The Bertz CT molecular complexity index is 822. The van der Waals surface area contributed by atoms with Crippen LogP contribution in [0.25, 0.3) is 5.65 Å². The van der Waals surface area contributed by atoms with Crippen molar-refractivity contribution in [2.75, 3.05) is 47.8 Å². The van der Waals surface area contributed by atoms with Gasteiger partial charge < -0.3 is 15.1 Å². The van der Waals surface area contributed by atoms with Crippen LogP contribution in [-0.2, 0) is 0 Å². The number of hydrogen-bond acceptors (Lipinski definition) is 8. The van der Waals surface area contributed by atoms with Crippen LogP contribution in [0.4, 0.5) is 17.6 Å². The van der Waals surface area contributed by atoms with Gasteiger partial charge in [0, 0.05) is 38.9 Å². The first kappa shape index (κ1) is 14.6. The quantitative estimate of drug-likeness (QED) is 0.749. The Labute approximate surface area is 139 Å². The summed E-state index contributed by atoms with van der Waals surface area (Å²) in [6, 6.07) is 5.81. The summed E-state index contributed by atoms with van der Waals surface area (Å²) in [5, 5.41) is 15.6. The number of hydrogen-bond donors (Lipinski definition) is 1. The van der Waals surface area contributed by atoms with E-state index in [0.29, 0.717) is 0 Å². The third-order valence-corrected chi connectivity index (χ3v) is 4.03. The van der Waals surface area contributed by atoms with Crippen LogP contribution in [0.3, 0.4) is 0 Å². The molecule has 9 heteroatoms. The molecule has 1 aliphatic heterocycles. The highest BCUT2D eigenvalue weighted by Gasteiger charge is 2.20. The monoisotopic (exact) mass is 325 g/mol. The van der Waals surface area contributed by atoms with Crippen molar-refractivity contribution in [3.63, 3.8) is 0 Å². The molecule has 124 valence electrons. The second-order valence-electron chi connectivity index (χ2n) is 5.57. The first-order valence-electron chi connectivity index (χ1n) is 8.07. The van der Waals surface area contributed by atoms with Crippen molar-refractivity contribution in [3.05, 3.63) is 30.7 Å². The highest BCUT2D eigenvalue weighted by atomic mass is 15.4. The van der Waals surface area contributed by atoms with Crippen molar-refractivity contribution in [2.45, 2.75) is 6.92 Å². The van der Waals surface area contributed by atoms with Crippen molar-refractivity contribution in [2.24, 2.45) is 0 Å². The Morgan fingerprint density at radius 1 is 1.08 bits per heavy atom. The molecule has 24 heavy (non-hydrogen) atoms. The lowest BCUT2D eigenvalue weighted by atomic mass is 10.3. The highest BCUT2D eigenvalue weighted by Crippen LogP contribution is 2.17. The summed E-state index contributed by atoms with van der Waals surface area (Å²) in [7, 11) is 0. The SMILES string of the molecule is CCNc1ccnc(N2CCN(c3ccc4nncn4n3)CC2)n1. The summed E-state index contributed by atoms with van der Waals surface area (Å²) in [5.74, 6) is 2.57. The molecule has 0 bridgehead atoms. The molecule has 1 N–H and O–H groups in total. The van der Waals surface area contributed by atoms with E-state index in [4.69, 9.17) is 0 Å². The van der Waals surface area contributed by atoms with Crippen LogP contribution in [0.5, 0.6) is 0 Å². The molecule has 0 saturated carbocycles. The molecule has 3 aromatic rings. The largest absolute Gasteiger partial charge is 0.370 e. The van der Waals surface area contributed by atoms with Crippen molar-refractivity contribution in [1.29, 1.82) is 0 Å². The number of nitrogens with one attached hydrogen (secondary N) is 1. The van der Waals surface area contributed by atoms with E-state index in [9.17, 15) is 0 Å². The van der Waals surface area contributed by atoms with Gasteiger partial charge in [0.25, 0.3) is 0 Å². The molecule has 0 atom stereocenters. The standard InChI is InChI=1S/C15H19N9/c1-2-16-12-5-6-17-15(19-12)23-9-7-22(8-10-23)14-4-3-13-20-18-11-24(13)21-14/h3-6,11H,2,7-10H2,1H3,(H,16,17,19). The molecule has 1 saturated heterocycles. The third kappa shape index (κ3) is 2.80. The Morgan fingerprint density at radius 3 is 2.75 bits per heavy atom. The van der Waals surface area contributed by atoms with Crippen molar-refractivity contribution < 1.29 is 0 Å². The summed E-state index contributed by atoms with van der Waals surface area (Å²) < 4.78 is 1.70. The van der Waals surface area contributed by atoms with Gasteiger partial charge in [-0.15, -0.1) is 15.3 Å². The van der Waals surface area contributed by atoms with Crippen LogP contribution >= 0.6 is 0 Å². The second-order valence-corrected chi connectivity index (χ2v) is 5.57. The van der Waals surface area contributed by atoms with E-state index in [0.717, 1.165) is 56.0 Å². The van der Waals surface area contributed by atoms with Gasteiger partial charge in [-0.1, -0.05) is 0 Å². The lowest BCUT2D eigenvalue weighted by Crippen LogP contribution is -2.47. The topological polar surface area (TPSA) is 87.4 Å². The fraction of sp³-hybridized carbons (Fsp3) is 0.400. The van der Waals surface area contributed by atoms with Crippen LogP contribution in [0, 0.1) is 0 Å². The normalized spacial score (nSPS) is 15.0. The Kier molecular flexibility index (Phi) is 3.81. The van der Waals surface area contributed by atoms with Gasteiger partial charge in [0.1, 0.15) is 18.0 Å². The molecule has 0 spiro atoms. The van der Waals surface area contributed by atoms with Gasteiger partial charge in [-0.2, -0.15) is 9.50 Å². The van der Waals surface area contributed by atoms with Crippen LogP contribution in [0.2, 0.25) is 0 Å². The number of aromatic nitrogens is 6. The molecule has 4 heterocycles. The Hall–Kier alpha value is -2.97. The first-order chi connectivity index (χ1) is 11.8. The van der Waals surface area contributed by atoms with E-state index in [2.05, 4.69) is 47.3 Å². The summed E-state index contributed by atoms with van der Waals surface area (Å²) in [6.07, 6.45) is 3.42. The van der Waals surface area contributed by atoms with Crippen LogP contribution < -0.4 is 15.1 Å². The number of fused-ring (bicyclic) bond motifs is 1. The zero-order chi connectivity index (χ0) is 16.4. The van der Waals surface area contributed by atoms with E-state index in [1.54, 1.807) is 17.0 Å². The molecule has 0 unspecified atom stereocenters. The average Bonchev–Trinajstić information content (AvgIpc) is 3.10. The molecule has 0 aliphatic carbocycles. The number of rotatable bonds is 4. The van der Waals surface area contributed by atoms with E-state index < -0.39 is 0 Å². The van der Waals surface area contributed by atoms with Gasteiger partial charge in [-0.25, -0.2) is 4.98 Å². The van der Waals surface area contributed by atoms with E-state index in [1.165, 1.54) is 0 Å². The van der Waals surface area contributed by atoms with Crippen LogP contribution in [0.1, 0.15) is 6.92 Å². The molecule has 0 amide bonds. The number of nitrogens with zero attached hydrogens (tertiary/aromatic N) is 8. The maximum Gasteiger partial charge on any atom is 0.227 e. The smallest absolute Gasteiger partial charge is 0.227 e. The molecule has 9 nitrogen and oxygen atoms in total. The van der Waals surface area contributed by atoms with Crippen molar-refractivity contribution in [1.82, 2.24) is 29.8 Å². The van der Waals surface area contributed by atoms with Crippen molar-refractivity contribution >= 4 is 23.2 Å². The summed E-state index contributed by atoms with van der Waals surface area (Å²) in [4.78, 5) is 13.4. The molecule has 1 fully saturated rings. The maximum atomic E-state index is 4.57. The van der Waals surface area contributed by atoms with Crippen LogP contribution in [-0.4, -0.2) is 62.5 Å². The number of anilines is 3. The zero-order valence-corrected chi connectivity index (χ0v) is 13.5. The van der Waals surface area contributed by atoms with Gasteiger partial charge >= 0.3 is 0 Å². The van der Waals surface area contributed by atoms with Crippen LogP contribution in [0.15, 0.2) is 30.7 Å². The fourth-order valence-corrected chi connectivity index (χ4v) is 2.80. The predicted octanol–water partition coefficient (Wildman–Crippen LogP) is 0.673. The van der Waals surface area contributed by atoms with E-state index in [1.807, 2.05) is 18.2 Å². The fourth-order valence-electron chi connectivity index (χ4n) is 2.80. The van der Waals surface area contributed by atoms with Crippen molar-refractivity contribution in [3.8, 4) is 0 Å². The van der Waals surface area contributed by atoms with Gasteiger partial charge in [0.05, 0.1) is 0 Å². The number of piperazine rings is 1. The zero-order valence-electron chi connectivity index (χ0n) is 13.5. The Morgan fingerprint density at radius 2 is 1.92 bits per heavy atom. The van der Waals surface area contributed by atoms with Gasteiger partial charge in [-0.05, 0) is 25.1 Å². The summed E-state index contributed by atoms with van der Waals surface area (Å²) >= 11 is 0.